The lowest BCUT2D eigenvalue weighted by atomic mass is 9.97. The van der Waals surface area contributed by atoms with Crippen LogP contribution in [0.2, 0.25) is 0 Å². The summed E-state index contributed by atoms with van der Waals surface area (Å²) >= 11 is 1.82. The Kier molecular flexibility index (Phi) is 7.42. The molecule has 1 N–H and O–H groups in total. The summed E-state index contributed by atoms with van der Waals surface area (Å²) in [5.74, 6) is 1.95. The van der Waals surface area contributed by atoms with Crippen LogP contribution in [0.15, 0.2) is 29.2 Å². The highest BCUT2D eigenvalue weighted by Crippen LogP contribution is 2.25. The number of amides is 2. The molecular weight excluding hydrogens is 414 g/mol. The van der Waals surface area contributed by atoms with Crippen molar-refractivity contribution in [2.24, 2.45) is 5.92 Å². The van der Waals surface area contributed by atoms with Crippen LogP contribution >= 0.6 is 11.8 Å². The van der Waals surface area contributed by atoms with Crippen LogP contribution in [0.25, 0.3) is 0 Å². The number of piperidine rings is 1. The molecule has 29 heavy (non-hydrogen) atoms. The van der Waals surface area contributed by atoms with Gasteiger partial charge in [0.15, 0.2) is 0 Å². The fourth-order valence-electron chi connectivity index (χ4n) is 3.49. The Hall–Kier alpha value is -1.78. The minimum absolute atomic E-state index is 0.00780. The van der Waals surface area contributed by atoms with Crippen molar-refractivity contribution < 1.29 is 22.7 Å². The minimum Gasteiger partial charge on any atom is -0.497 e. The molecule has 2 aliphatic heterocycles. The molecule has 0 atom stereocenters. The zero-order valence-corrected chi connectivity index (χ0v) is 18.1. The maximum absolute atomic E-state index is 12.8. The van der Waals surface area contributed by atoms with Gasteiger partial charge in [0.05, 0.1) is 18.6 Å². The van der Waals surface area contributed by atoms with Crippen LogP contribution in [-0.2, 0) is 19.6 Å². The second-order valence-electron chi connectivity index (χ2n) is 7.06. The number of rotatable bonds is 6. The number of sulfonamides is 1. The average molecular weight is 442 g/mol. The van der Waals surface area contributed by atoms with Gasteiger partial charge in [0, 0.05) is 43.6 Å². The van der Waals surface area contributed by atoms with E-state index in [1.807, 2.05) is 11.8 Å². The number of hydrogen-bond acceptors (Lipinski definition) is 6. The van der Waals surface area contributed by atoms with E-state index < -0.39 is 10.0 Å². The first kappa shape index (κ1) is 21.9. The quantitative estimate of drug-likeness (QED) is 0.701. The standard InChI is InChI=1S/C19H27N3O5S2/c1-27-16-2-4-17(5-3-16)29(25,26)22-8-6-15(7-9-22)19(24)20-14-18(23)21-10-12-28-13-11-21/h2-5,15H,6-14H2,1H3,(H,20,24). The van der Waals surface area contributed by atoms with Gasteiger partial charge in [-0.05, 0) is 37.1 Å². The number of thioether (sulfide) groups is 1. The average Bonchev–Trinajstić information content (AvgIpc) is 2.78. The Morgan fingerprint density at radius 3 is 2.31 bits per heavy atom. The van der Waals surface area contributed by atoms with E-state index in [4.69, 9.17) is 4.74 Å². The van der Waals surface area contributed by atoms with Crippen molar-refractivity contribution in [3.8, 4) is 5.75 Å². The largest absolute Gasteiger partial charge is 0.497 e. The molecule has 0 bridgehead atoms. The van der Waals surface area contributed by atoms with Gasteiger partial charge >= 0.3 is 0 Å². The number of carbonyl (C=O) groups excluding carboxylic acids is 2. The highest BCUT2D eigenvalue weighted by atomic mass is 32.2. The van der Waals surface area contributed by atoms with E-state index in [0.717, 1.165) is 24.6 Å². The van der Waals surface area contributed by atoms with Gasteiger partial charge in [-0.15, -0.1) is 0 Å². The maximum Gasteiger partial charge on any atom is 0.243 e. The minimum atomic E-state index is -3.59. The molecular formula is C19H27N3O5S2. The fraction of sp³-hybridized carbons (Fsp3) is 0.579. The van der Waals surface area contributed by atoms with Crippen LogP contribution in [-0.4, -0.2) is 80.8 Å². The fourth-order valence-corrected chi connectivity index (χ4v) is 5.86. The Bertz CT molecular complexity index is 815. The summed E-state index contributed by atoms with van der Waals surface area (Å²) in [6.07, 6.45) is 0.880. The zero-order valence-electron chi connectivity index (χ0n) is 16.5. The Labute approximate surface area is 176 Å². The molecule has 2 fully saturated rings. The van der Waals surface area contributed by atoms with Crippen molar-refractivity contribution in [2.45, 2.75) is 17.7 Å². The SMILES string of the molecule is COc1ccc(S(=O)(=O)N2CCC(C(=O)NCC(=O)N3CCSCC3)CC2)cc1. The lowest BCUT2D eigenvalue weighted by Gasteiger charge is -2.31. The van der Waals surface area contributed by atoms with Gasteiger partial charge in [0.25, 0.3) is 0 Å². The van der Waals surface area contributed by atoms with Crippen molar-refractivity contribution in [1.29, 1.82) is 0 Å². The molecule has 2 aliphatic rings. The van der Waals surface area contributed by atoms with Crippen LogP contribution in [0.5, 0.6) is 5.75 Å². The molecule has 8 nitrogen and oxygen atoms in total. The van der Waals surface area contributed by atoms with Crippen LogP contribution in [0, 0.1) is 5.92 Å². The molecule has 3 rings (SSSR count). The third kappa shape index (κ3) is 5.43. The number of carbonyl (C=O) groups is 2. The Morgan fingerprint density at radius 2 is 1.72 bits per heavy atom. The highest BCUT2D eigenvalue weighted by molar-refractivity contribution is 7.99. The van der Waals surface area contributed by atoms with Crippen molar-refractivity contribution in [3.05, 3.63) is 24.3 Å². The molecule has 0 aromatic heterocycles. The molecule has 10 heteroatoms. The van der Waals surface area contributed by atoms with Gasteiger partial charge in [0.1, 0.15) is 5.75 Å². The number of hydrogen-bond donors (Lipinski definition) is 1. The van der Waals surface area contributed by atoms with Gasteiger partial charge in [-0.25, -0.2) is 8.42 Å². The van der Waals surface area contributed by atoms with Gasteiger partial charge < -0.3 is 15.0 Å². The summed E-state index contributed by atoms with van der Waals surface area (Å²) < 4.78 is 32.0. The maximum atomic E-state index is 12.8. The molecule has 2 saturated heterocycles. The van der Waals surface area contributed by atoms with Crippen molar-refractivity contribution in [3.63, 3.8) is 0 Å². The van der Waals surface area contributed by atoms with E-state index in [9.17, 15) is 18.0 Å². The number of ether oxygens (including phenoxy) is 1. The third-order valence-electron chi connectivity index (χ3n) is 5.30. The lowest BCUT2D eigenvalue weighted by molar-refractivity contribution is -0.134. The highest BCUT2D eigenvalue weighted by Gasteiger charge is 2.32. The van der Waals surface area contributed by atoms with Crippen molar-refractivity contribution >= 4 is 33.6 Å². The molecule has 1 aromatic carbocycles. The van der Waals surface area contributed by atoms with Crippen LogP contribution in [0.1, 0.15) is 12.8 Å². The summed E-state index contributed by atoms with van der Waals surface area (Å²) in [7, 11) is -2.07. The van der Waals surface area contributed by atoms with Crippen LogP contribution < -0.4 is 10.1 Å². The molecule has 0 spiro atoms. The number of methoxy groups -OCH3 is 1. The molecule has 1 aromatic rings. The van der Waals surface area contributed by atoms with E-state index in [2.05, 4.69) is 5.32 Å². The first-order valence-electron chi connectivity index (χ1n) is 9.69. The molecule has 0 radical (unpaired) electrons. The zero-order chi connectivity index (χ0) is 20.9. The molecule has 160 valence electrons. The van der Waals surface area contributed by atoms with Crippen LogP contribution in [0.3, 0.4) is 0 Å². The second kappa shape index (κ2) is 9.82. The molecule has 0 aliphatic carbocycles. The molecule has 0 unspecified atom stereocenters. The third-order valence-corrected chi connectivity index (χ3v) is 8.15. The van der Waals surface area contributed by atoms with E-state index in [1.54, 1.807) is 17.0 Å². The molecule has 2 amide bonds. The Balaban J connectivity index is 1.48. The van der Waals surface area contributed by atoms with Gasteiger partial charge in [0.2, 0.25) is 21.8 Å². The predicted octanol–water partition coefficient (Wildman–Crippen LogP) is 0.788. The topological polar surface area (TPSA) is 96.0 Å². The van der Waals surface area contributed by atoms with E-state index >= 15 is 0 Å². The number of nitrogens with one attached hydrogen (secondary N) is 1. The number of nitrogens with zero attached hydrogens (tertiary/aromatic N) is 2. The first-order valence-corrected chi connectivity index (χ1v) is 12.3. The van der Waals surface area contributed by atoms with Gasteiger partial charge in [-0.3, -0.25) is 9.59 Å². The number of benzene rings is 1. The predicted molar refractivity (Wildman–Crippen MR) is 111 cm³/mol. The lowest BCUT2D eigenvalue weighted by Crippen LogP contribution is -2.47. The van der Waals surface area contributed by atoms with Gasteiger partial charge in [-0.1, -0.05) is 0 Å². The normalized spacial score (nSPS) is 19.0. The van der Waals surface area contributed by atoms with Crippen molar-refractivity contribution in [2.75, 3.05) is 51.3 Å². The monoisotopic (exact) mass is 441 g/mol. The summed E-state index contributed by atoms with van der Waals surface area (Å²) in [6, 6.07) is 6.28. The summed E-state index contributed by atoms with van der Waals surface area (Å²) in [6.45, 7) is 2.02. The van der Waals surface area contributed by atoms with E-state index in [-0.39, 0.29) is 42.3 Å². The Morgan fingerprint density at radius 1 is 1.10 bits per heavy atom. The smallest absolute Gasteiger partial charge is 0.243 e. The summed E-state index contributed by atoms with van der Waals surface area (Å²) in [5, 5.41) is 2.73. The summed E-state index contributed by atoms with van der Waals surface area (Å²) in [5.41, 5.74) is 0. The molecule has 0 saturated carbocycles. The first-order chi connectivity index (χ1) is 13.9. The van der Waals surface area contributed by atoms with Crippen molar-refractivity contribution in [1.82, 2.24) is 14.5 Å². The van der Waals surface area contributed by atoms with Gasteiger partial charge in [-0.2, -0.15) is 16.1 Å². The molecule has 2 heterocycles. The van der Waals surface area contributed by atoms with E-state index in [0.29, 0.717) is 18.6 Å². The second-order valence-corrected chi connectivity index (χ2v) is 10.2. The summed E-state index contributed by atoms with van der Waals surface area (Å²) in [4.78, 5) is 26.6. The van der Waals surface area contributed by atoms with Crippen LogP contribution in [0.4, 0.5) is 0 Å². The van der Waals surface area contributed by atoms with E-state index in [1.165, 1.54) is 23.5 Å².